The molecule has 1 aliphatic heterocycles. The van der Waals surface area contributed by atoms with Gasteiger partial charge < -0.3 is 15.4 Å². The van der Waals surface area contributed by atoms with Crippen LogP contribution in [0.1, 0.15) is 16.7 Å². The lowest BCUT2D eigenvalue weighted by Gasteiger charge is -2.29. The van der Waals surface area contributed by atoms with Gasteiger partial charge in [-0.15, -0.1) is 0 Å². The van der Waals surface area contributed by atoms with Crippen molar-refractivity contribution < 1.29 is 9.53 Å². The van der Waals surface area contributed by atoms with Crippen molar-refractivity contribution in [1.82, 2.24) is 0 Å². The standard InChI is InChI=1S/C17H18N2O2/c1-12-2-4-13(5-3-12)10-19-15-7-6-14(9-18)8-16(15)21-11-17(19)20/h2-8H,9-11,18H2,1H3. The van der Waals surface area contributed by atoms with Crippen LogP contribution >= 0.6 is 0 Å². The van der Waals surface area contributed by atoms with Gasteiger partial charge in [0.1, 0.15) is 5.75 Å². The molecule has 1 aliphatic rings. The maximum atomic E-state index is 12.2. The second-order valence-corrected chi connectivity index (χ2v) is 5.26. The smallest absolute Gasteiger partial charge is 0.265 e. The summed E-state index contributed by atoms with van der Waals surface area (Å²) >= 11 is 0. The Balaban J connectivity index is 1.91. The van der Waals surface area contributed by atoms with Crippen molar-refractivity contribution in [2.45, 2.75) is 20.0 Å². The van der Waals surface area contributed by atoms with E-state index in [4.69, 9.17) is 10.5 Å². The first-order chi connectivity index (χ1) is 10.2. The van der Waals surface area contributed by atoms with Gasteiger partial charge >= 0.3 is 0 Å². The van der Waals surface area contributed by atoms with Crippen molar-refractivity contribution in [2.24, 2.45) is 5.73 Å². The minimum Gasteiger partial charge on any atom is -0.482 e. The number of aryl methyl sites for hydroxylation is 1. The summed E-state index contributed by atoms with van der Waals surface area (Å²) in [6, 6.07) is 13.9. The first-order valence-electron chi connectivity index (χ1n) is 6.99. The summed E-state index contributed by atoms with van der Waals surface area (Å²) in [5.74, 6) is 0.702. The average Bonchev–Trinajstić information content (AvgIpc) is 2.51. The van der Waals surface area contributed by atoms with Gasteiger partial charge in [0.15, 0.2) is 6.61 Å². The Bertz CT molecular complexity index is 665. The summed E-state index contributed by atoms with van der Waals surface area (Å²) in [4.78, 5) is 13.9. The van der Waals surface area contributed by atoms with Crippen LogP contribution in [0.3, 0.4) is 0 Å². The zero-order chi connectivity index (χ0) is 14.8. The molecule has 0 saturated heterocycles. The highest BCUT2D eigenvalue weighted by Crippen LogP contribution is 2.33. The maximum absolute atomic E-state index is 12.2. The third-order valence-electron chi connectivity index (χ3n) is 3.66. The number of carbonyl (C=O) groups excluding carboxylic acids is 1. The van der Waals surface area contributed by atoms with Crippen LogP contribution in [0.2, 0.25) is 0 Å². The predicted octanol–water partition coefficient (Wildman–Crippen LogP) is 2.38. The SMILES string of the molecule is Cc1ccc(CN2C(=O)COc3cc(CN)ccc32)cc1. The summed E-state index contributed by atoms with van der Waals surface area (Å²) in [5, 5.41) is 0. The third-order valence-corrected chi connectivity index (χ3v) is 3.66. The molecule has 0 bridgehead atoms. The van der Waals surface area contributed by atoms with E-state index in [9.17, 15) is 4.79 Å². The van der Waals surface area contributed by atoms with Gasteiger partial charge in [0.2, 0.25) is 0 Å². The Morgan fingerprint density at radius 2 is 1.86 bits per heavy atom. The molecule has 0 radical (unpaired) electrons. The topological polar surface area (TPSA) is 55.6 Å². The fourth-order valence-electron chi connectivity index (χ4n) is 2.43. The number of fused-ring (bicyclic) bond motifs is 1. The van der Waals surface area contributed by atoms with Gasteiger partial charge in [0.05, 0.1) is 12.2 Å². The molecule has 2 aromatic rings. The highest BCUT2D eigenvalue weighted by molar-refractivity contribution is 5.97. The van der Waals surface area contributed by atoms with Crippen molar-refractivity contribution in [3.63, 3.8) is 0 Å². The molecule has 0 unspecified atom stereocenters. The molecular formula is C17H18N2O2. The van der Waals surface area contributed by atoms with E-state index < -0.39 is 0 Å². The molecule has 0 saturated carbocycles. The second-order valence-electron chi connectivity index (χ2n) is 5.26. The maximum Gasteiger partial charge on any atom is 0.265 e. The highest BCUT2D eigenvalue weighted by Gasteiger charge is 2.25. The van der Waals surface area contributed by atoms with Crippen molar-refractivity contribution in [2.75, 3.05) is 11.5 Å². The molecule has 2 aromatic carbocycles. The summed E-state index contributed by atoms with van der Waals surface area (Å²) in [6.45, 7) is 3.14. The Morgan fingerprint density at radius 1 is 1.14 bits per heavy atom. The number of anilines is 1. The van der Waals surface area contributed by atoms with Crippen LogP contribution in [0, 0.1) is 6.92 Å². The van der Waals surface area contributed by atoms with Gasteiger partial charge in [-0.2, -0.15) is 0 Å². The first-order valence-corrected chi connectivity index (χ1v) is 6.99. The zero-order valence-electron chi connectivity index (χ0n) is 12.0. The molecule has 21 heavy (non-hydrogen) atoms. The summed E-state index contributed by atoms with van der Waals surface area (Å²) in [5.41, 5.74) is 9.76. The molecule has 0 aliphatic carbocycles. The molecule has 0 fully saturated rings. The third kappa shape index (κ3) is 2.76. The van der Waals surface area contributed by atoms with Gasteiger partial charge in [-0.05, 0) is 30.2 Å². The largest absolute Gasteiger partial charge is 0.482 e. The van der Waals surface area contributed by atoms with Crippen molar-refractivity contribution in [3.05, 3.63) is 59.2 Å². The summed E-state index contributed by atoms with van der Waals surface area (Å²) < 4.78 is 5.52. The predicted molar refractivity (Wildman–Crippen MR) is 82.2 cm³/mol. The van der Waals surface area contributed by atoms with E-state index in [1.165, 1.54) is 5.56 Å². The lowest BCUT2D eigenvalue weighted by Crippen LogP contribution is -2.38. The molecular weight excluding hydrogens is 264 g/mol. The molecule has 4 heteroatoms. The van der Waals surface area contributed by atoms with Crippen LogP contribution in [0.5, 0.6) is 5.75 Å². The van der Waals surface area contributed by atoms with Crippen LogP contribution in [0.4, 0.5) is 5.69 Å². The summed E-state index contributed by atoms with van der Waals surface area (Å²) in [7, 11) is 0. The Labute approximate surface area is 124 Å². The van der Waals surface area contributed by atoms with E-state index in [2.05, 4.69) is 12.1 Å². The monoisotopic (exact) mass is 282 g/mol. The number of carbonyl (C=O) groups is 1. The average molecular weight is 282 g/mol. The molecule has 4 nitrogen and oxygen atoms in total. The van der Waals surface area contributed by atoms with Gasteiger partial charge in [-0.1, -0.05) is 35.9 Å². The molecule has 3 rings (SSSR count). The fraction of sp³-hybridized carbons (Fsp3) is 0.235. The van der Waals surface area contributed by atoms with E-state index in [0.717, 1.165) is 22.6 Å². The molecule has 0 spiro atoms. The number of nitrogens with two attached hydrogens (primary N) is 1. The number of amides is 1. The van der Waals surface area contributed by atoms with Crippen LogP contribution in [0.25, 0.3) is 0 Å². The molecule has 108 valence electrons. The number of rotatable bonds is 3. The Kier molecular flexibility index (Phi) is 3.62. The van der Waals surface area contributed by atoms with Crippen molar-refractivity contribution >= 4 is 11.6 Å². The van der Waals surface area contributed by atoms with E-state index in [1.807, 2.05) is 37.3 Å². The van der Waals surface area contributed by atoms with E-state index in [1.54, 1.807) is 4.90 Å². The molecule has 1 heterocycles. The molecule has 0 atom stereocenters. The molecule has 1 amide bonds. The van der Waals surface area contributed by atoms with Crippen LogP contribution in [0.15, 0.2) is 42.5 Å². The number of benzene rings is 2. The Hall–Kier alpha value is -2.33. The van der Waals surface area contributed by atoms with Crippen molar-refractivity contribution in [1.29, 1.82) is 0 Å². The van der Waals surface area contributed by atoms with E-state index in [-0.39, 0.29) is 12.5 Å². The Morgan fingerprint density at radius 3 is 2.57 bits per heavy atom. The number of nitrogens with zero attached hydrogens (tertiary/aromatic N) is 1. The van der Waals surface area contributed by atoms with Gasteiger partial charge in [0.25, 0.3) is 5.91 Å². The lowest BCUT2D eigenvalue weighted by atomic mass is 10.1. The lowest BCUT2D eigenvalue weighted by molar-refractivity contribution is -0.121. The molecule has 2 N–H and O–H groups in total. The van der Waals surface area contributed by atoms with E-state index in [0.29, 0.717) is 13.1 Å². The molecule has 0 aromatic heterocycles. The first kappa shape index (κ1) is 13.6. The van der Waals surface area contributed by atoms with Gasteiger partial charge in [-0.3, -0.25) is 4.79 Å². The quantitative estimate of drug-likeness (QED) is 0.940. The van der Waals surface area contributed by atoms with Crippen LogP contribution in [-0.4, -0.2) is 12.5 Å². The van der Waals surface area contributed by atoms with Crippen LogP contribution in [-0.2, 0) is 17.9 Å². The number of ether oxygens (including phenoxy) is 1. The number of hydrogen-bond donors (Lipinski definition) is 1. The van der Waals surface area contributed by atoms with Crippen LogP contribution < -0.4 is 15.4 Å². The zero-order valence-corrected chi connectivity index (χ0v) is 12.0. The highest BCUT2D eigenvalue weighted by atomic mass is 16.5. The minimum absolute atomic E-state index is 0.0245. The van der Waals surface area contributed by atoms with Gasteiger partial charge in [0, 0.05) is 6.54 Å². The van der Waals surface area contributed by atoms with E-state index >= 15 is 0 Å². The summed E-state index contributed by atoms with van der Waals surface area (Å²) in [6.07, 6.45) is 0. The second kappa shape index (κ2) is 5.58. The number of hydrogen-bond acceptors (Lipinski definition) is 3. The normalized spacial score (nSPS) is 13.8. The minimum atomic E-state index is -0.0245. The van der Waals surface area contributed by atoms with Gasteiger partial charge in [-0.25, -0.2) is 0 Å². The van der Waals surface area contributed by atoms with Crippen molar-refractivity contribution in [3.8, 4) is 5.75 Å². The fourth-order valence-corrected chi connectivity index (χ4v) is 2.43.